The van der Waals surface area contributed by atoms with E-state index in [-0.39, 0.29) is 10.6 Å². The number of benzene rings is 1. The topological polar surface area (TPSA) is 83.5 Å². The lowest BCUT2D eigenvalue weighted by Crippen LogP contribution is -2.52. The molecule has 1 aromatic rings. The molecule has 0 spiro atoms. The van der Waals surface area contributed by atoms with E-state index in [1.165, 1.54) is 6.07 Å². The monoisotopic (exact) mass is 283 g/mol. The average molecular weight is 283 g/mol. The van der Waals surface area contributed by atoms with Gasteiger partial charge >= 0.3 is 5.97 Å². The Bertz CT molecular complexity index is 590. The van der Waals surface area contributed by atoms with Crippen molar-refractivity contribution in [3.05, 3.63) is 24.3 Å². The average Bonchev–Trinajstić information content (AvgIpc) is 2.33. The molecule has 0 aromatic heterocycles. The van der Waals surface area contributed by atoms with Gasteiger partial charge in [0.15, 0.2) is 9.84 Å². The van der Waals surface area contributed by atoms with Crippen molar-refractivity contribution in [3.63, 3.8) is 0 Å². The van der Waals surface area contributed by atoms with E-state index in [9.17, 15) is 18.3 Å². The first-order valence-electron chi connectivity index (χ1n) is 6.25. The minimum atomic E-state index is -3.37. The Morgan fingerprint density at radius 3 is 2.47 bits per heavy atom. The molecule has 0 radical (unpaired) electrons. The number of sulfone groups is 1. The van der Waals surface area contributed by atoms with Crippen molar-refractivity contribution in [1.82, 2.24) is 0 Å². The van der Waals surface area contributed by atoms with Gasteiger partial charge < -0.3 is 10.4 Å². The molecule has 2 rings (SSSR count). The van der Waals surface area contributed by atoms with Gasteiger partial charge in [-0.2, -0.15) is 0 Å². The Balaban J connectivity index is 2.39. The quantitative estimate of drug-likeness (QED) is 0.862. The molecule has 19 heavy (non-hydrogen) atoms. The summed E-state index contributed by atoms with van der Waals surface area (Å²) in [5.74, 6) is -0.936. The highest BCUT2D eigenvalue weighted by molar-refractivity contribution is 7.91. The van der Waals surface area contributed by atoms with Crippen LogP contribution in [0.2, 0.25) is 0 Å². The number of anilines is 1. The van der Waals surface area contributed by atoms with Crippen molar-refractivity contribution in [1.29, 1.82) is 0 Å². The van der Waals surface area contributed by atoms with E-state index in [4.69, 9.17) is 0 Å². The number of carboxylic acids is 1. The molecule has 0 unspecified atom stereocenters. The fraction of sp³-hybridized carbons (Fsp3) is 0.462. The fourth-order valence-electron chi connectivity index (χ4n) is 2.18. The van der Waals surface area contributed by atoms with E-state index in [1.54, 1.807) is 25.1 Å². The van der Waals surface area contributed by atoms with Crippen molar-refractivity contribution in [2.45, 2.75) is 36.6 Å². The summed E-state index contributed by atoms with van der Waals surface area (Å²) in [6, 6.07) is 6.47. The van der Waals surface area contributed by atoms with Gasteiger partial charge in [0, 0.05) is 0 Å². The van der Waals surface area contributed by atoms with Gasteiger partial charge in [-0.1, -0.05) is 19.1 Å². The van der Waals surface area contributed by atoms with E-state index >= 15 is 0 Å². The molecule has 0 atom stereocenters. The molecule has 1 aromatic carbocycles. The van der Waals surface area contributed by atoms with Crippen molar-refractivity contribution < 1.29 is 18.3 Å². The van der Waals surface area contributed by atoms with Crippen LogP contribution in [0.1, 0.15) is 26.2 Å². The van der Waals surface area contributed by atoms with Gasteiger partial charge in [0.2, 0.25) is 0 Å². The Hall–Kier alpha value is -1.56. The van der Waals surface area contributed by atoms with Crippen LogP contribution in [-0.2, 0) is 14.6 Å². The number of rotatable bonds is 5. The molecule has 104 valence electrons. The highest BCUT2D eigenvalue weighted by Gasteiger charge is 2.45. The molecule has 0 bridgehead atoms. The van der Waals surface area contributed by atoms with Crippen LogP contribution in [0.25, 0.3) is 0 Å². The number of carbonyl (C=O) groups is 1. The van der Waals surface area contributed by atoms with Crippen molar-refractivity contribution >= 4 is 21.5 Å². The van der Waals surface area contributed by atoms with Gasteiger partial charge in [0.05, 0.1) is 16.3 Å². The molecular weight excluding hydrogens is 266 g/mol. The summed E-state index contributed by atoms with van der Waals surface area (Å²) in [5, 5.41) is 12.2. The second kappa shape index (κ2) is 4.85. The van der Waals surface area contributed by atoms with Crippen LogP contribution in [0.4, 0.5) is 5.69 Å². The summed E-state index contributed by atoms with van der Waals surface area (Å²) in [7, 11) is -3.37. The normalized spacial score (nSPS) is 17.5. The van der Waals surface area contributed by atoms with Gasteiger partial charge in [-0.3, -0.25) is 0 Å². The molecule has 1 aliphatic carbocycles. The maximum absolute atomic E-state index is 12.0. The molecule has 0 amide bonds. The Labute approximate surface area is 112 Å². The summed E-state index contributed by atoms with van der Waals surface area (Å²) in [4.78, 5) is 11.5. The molecule has 1 aliphatic rings. The van der Waals surface area contributed by atoms with Crippen LogP contribution in [0.5, 0.6) is 0 Å². The zero-order valence-electron chi connectivity index (χ0n) is 10.7. The molecule has 6 heteroatoms. The van der Waals surface area contributed by atoms with Crippen LogP contribution in [0, 0.1) is 0 Å². The number of para-hydroxylation sites is 1. The summed E-state index contributed by atoms with van der Waals surface area (Å²) in [6.07, 6.45) is 1.87. The zero-order valence-corrected chi connectivity index (χ0v) is 11.5. The molecule has 0 aliphatic heterocycles. The van der Waals surface area contributed by atoms with E-state index in [0.717, 1.165) is 6.42 Å². The highest BCUT2D eigenvalue weighted by atomic mass is 32.2. The molecule has 5 nitrogen and oxygen atoms in total. The molecule has 1 saturated carbocycles. The standard InChI is InChI=1S/C13H17NO4S/c1-2-19(17,18)11-7-4-3-6-10(11)14-13(12(15)16)8-5-9-13/h3-4,6-7,14H,2,5,8-9H2,1H3,(H,15,16). The third kappa shape index (κ3) is 2.45. The second-order valence-electron chi connectivity index (χ2n) is 4.77. The Morgan fingerprint density at radius 2 is 2.00 bits per heavy atom. The van der Waals surface area contributed by atoms with Gasteiger partial charge in [0.25, 0.3) is 0 Å². The van der Waals surface area contributed by atoms with Crippen LogP contribution < -0.4 is 5.32 Å². The molecule has 0 saturated heterocycles. The fourth-order valence-corrected chi connectivity index (χ4v) is 3.23. The number of aliphatic carboxylic acids is 1. The van der Waals surface area contributed by atoms with E-state index in [0.29, 0.717) is 18.5 Å². The molecule has 2 N–H and O–H groups in total. The Morgan fingerprint density at radius 1 is 1.37 bits per heavy atom. The predicted molar refractivity (Wildman–Crippen MR) is 72.0 cm³/mol. The minimum Gasteiger partial charge on any atom is -0.480 e. The number of hydrogen-bond donors (Lipinski definition) is 2. The van der Waals surface area contributed by atoms with Gasteiger partial charge in [-0.25, -0.2) is 13.2 Å². The van der Waals surface area contributed by atoms with Gasteiger partial charge in [-0.05, 0) is 31.4 Å². The highest BCUT2D eigenvalue weighted by Crippen LogP contribution is 2.37. The predicted octanol–water partition coefficient (Wildman–Crippen LogP) is 1.90. The third-order valence-corrected chi connectivity index (χ3v) is 5.38. The smallest absolute Gasteiger partial charge is 0.329 e. The van der Waals surface area contributed by atoms with Crippen LogP contribution >= 0.6 is 0 Å². The van der Waals surface area contributed by atoms with E-state index in [1.807, 2.05) is 0 Å². The van der Waals surface area contributed by atoms with Gasteiger partial charge in [0.1, 0.15) is 5.54 Å². The largest absolute Gasteiger partial charge is 0.480 e. The lowest BCUT2D eigenvalue weighted by atomic mass is 9.76. The molecule has 0 heterocycles. The van der Waals surface area contributed by atoms with E-state index in [2.05, 4.69) is 5.32 Å². The second-order valence-corrected chi connectivity index (χ2v) is 7.01. The molecule has 1 fully saturated rings. The SMILES string of the molecule is CCS(=O)(=O)c1ccccc1NC1(C(=O)O)CCC1. The first kappa shape index (κ1) is 13.9. The number of hydrogen-bond acceptors (Lipinski definition) is 4. The zero-order chi connectivity index (χ0) is 14.1. The summed E-state index contributed by atoms with van der Waals surface area (Å²) >= 11 is 0. The first-order chi connectivity index (χ1) is 8.91. The van der Waals surface area contributed by atoms with Crippen molar-refractivity contribution in [3.8, 4) is 0 Å². The third-order valence-electron chi connectivity index (χ3n) is 3.59. The summed E-state index contributed by atoms with van der Waals surface area (Å²) in [6.45, 7) is 1.57. The van der Waals surface area contributed by atoms with Crippen molar-refractivity contribution in [2.24, 2.45) is 0 Å². The first-order valence-corrected chi connectivity index (χ1v) is 7.90. The van der Waals surface area contributed by atoms with E-state index < -0.39 is 21.3 Å². The van der Waals surface area contributed by atoms with Crippen LogP contribution in [-0.4, -0.2) is 30.8 Å². The lowest BCUT2D eigenvalue weighted by molar-refractivity contribution is -0.145. The molecular formula is C13H17NO4S. The summed E-state index contributed by atoms with van der Waals surface area (Å²) < 4.78 is 24.0. The van der Waals surface area contributed by atoms with Crippen LogP contribution in [0.15, 0.2) is 29.2 Å². The Kier molecular flexibility index (Phi) is 3.54. The lowest BCUT2D eigenvalue weighted by Gasteiger charge is -2.39. The maximum atomic E-state index is 12.0. The van der Waals surface area contributed by atoms with Crippen molar-refractivity contribution in [2.75, 3.05) is 11.1 Å². The van der Waals surface area contributed by atoms with Gasteiger partial charge in [-0.15, -0.1) is 0 Å². The summed E-state index contributed by atoms with van der Waals surface area (Å²) in [5.41, 5.74) is -0.634. The number of carboxylic acid groups (broad SMARTS) is 1. The number of nitrogens with one attached hydrogen (secondary N) is 1. The van der Waals surface area contributed by atoms with Crippen LogP contribution in [0.3, 0.4) is 0 Å². The minimum absolute atomic E-state index is 0.00817. The maximum Gasteiger partial charge on any atom is 0.329 e.